The molecule has 1 rings (SSSR count). The van der Waals surface area contributed by atoms with Crippen molar-refractivity contribution in [3.63, 3.8) is 0 Å². The number of anilines is 1. The van der Waals surface area contributed by atoms with E-state index in [2.05, 4.69) is 5.32 Å². The Bertz CT molecular complexity index is 548. The molecule has 6 nitrogen and oxygen atoms in total. The van der Waals surface area contributed by atoms with Crippen molar-refractivity contribution in [1.82, 2.24) is 0 Å². The fourth-order valence-corrected chi connectivity index (χ4v) is 1.81. The molecule has 0 saturated carbocycles. The zero-order valence-electron chi connectivity index (χ0n) is 13.6. The minimum atomic E-state index is -0.890. The second-order valence-corrected chi connectivity index (χ2v) is 6.09. The zero-order valence-corrected chi connectivity index (χ0v) is 13.6. The third-order valence-electron chi connectivity index (χ3n) is 2.90. The summed E-state index contributed by atoms with van der Waals surface area (Å²) in [6, 6.07) is 5.11. The first-order valence-corrected chi connectivity index (χ1v) is 7.02. The van der Waals surface area contributed by atoms with Crippen molar-refractivity contribution < 1.29 is 24.2 Å². The second-order valence-electron chi connectivity index (χ2n) is 6.09. The van der Waals surface area contributed by atoms with E-state index >= 15 is 0 Å². The molecule has 0 heterocycles. The fourth-order valence-electron chi connectivity index (χ4n) is 1.81. The normalized spacial score (nSPS) is 12.4. The van der Waals surface area contributed by atoms with Crippen LogP contribution in [0.2, 0.25) is 0 Å². The number of methoxy groups -OCH3 is 1. The van der Waals surface area contributed by atoms with E-state index in [1.807, 2.05) is 0 Å². The highest BCUT2D eigenvalue weighted by Gasteiger charge is 2.19. The van der Waals surface area contributed by atoms with E-state index in [0.29, 0.717) is 23.4 Å². The van der Waals surface area contributed by atoms with Crippen molar-refractivity contribution >= 4 is 17.7 Å². The molecular formula is C16H23NO5. The molecule has 0 aliphatic rings. The van der Waals surface area contributed by atoms with Crippen LogP contribution in [0.5, 0.6) is 5.75 Å². The molecule has 1 aromatic carbocycles. The van der Waals surface area contributed by atoms with Crippen LogP contribution in [0.1, 0.15) is 33.3 Å². The highest BCUT2D eigenvalue weighted by Crippen LogP contribution is 2.25. The number of amides is 1. The minimum absolute atomic E-state index is 0.296. The SMILES string of the molecule is COc1ccc(CC(C)C(=O)O)c(NC(=O)OC(C)(C)C)c1. The van der Waals surface area contributed by atoms with Gasteiger partial charge in [-0.1, -0.05) is 13.0 Å². The quantitative estimate of drug-likeness (QED) is 0.871. The minimum Gasteiger partial charge on any atom is -0.497 e. The molecule has 1 atom stereocenters. The van der Waals surface area contributed by atoms with Gasteiger partial charge in [-0.25, -0.2) is 4.79 Å². The molecule has 6 heteroatoms. The second kappa shape index (κ2) is 7.15. The molecule has 1 aromatic rings. The van der Waals surface area contributed by atoms with Gasteiger partial charge in [0.05, 0.1) is 18.7 Å². The summed E-state index contributed by atoms with van der Waals surface area (Å²) in [7, 11) is 1.52. The molecule has 1 unspecified atom stereocenters. The highest BCUT2D eigenvalue weighted by molar-refractivity contribution is 5.86. The standard InChI is InChI=1S/C16H23NO5/c1-10(14(18)19)8-11-6-7-12(21-5)9-13(11)17-15(20)22-16(2,3)4/h6-7,9-10H,8H2,1-5H3,(H,17,20)(H,18,19). The van der Waals surface area contributed by atoms with Crippen molar-refractivity contribution in [2.24, 2.45) is 5.92 Å². The molecule has 0 bridgehead atoms. The van der Waals surface area contributed by atoms with Crippen molar-refractivity contribution in [2.45, 2.75) is 39.7 Å². The van der Waals surface area contributed by atoms with Crippen LogP contribution < -0.4 is 10.1 Å². The van der Waals surface area contributed by atoms with E-state index in [1.165, 1.54) is 7.11 Å². The molecule has 0 aliphatic heterocycles. The Balaban J connectivity index is 2.98. The van der Waals surface area contributed by atoms with Crippen LogP contribution in [0.4, 0.5) is 10.5 Å². The Morgan fingerprint density at radius 2 is 1.95 bits per heavy atom. The number of carbonyl (C=O) groups is 2. The summed E-state index contributed by atoms with van der Waals surface area (Å²) in [6.07, 6.45) is -0.297. The van der Waals surface area contributed by atoms with Gasteiger partial charge in [0.2, 0.25) is 0 Å². The molecule has 0 aliphatic carbocycles. The highest BCUT2D eigenvalue weighted by atomic mass is 16.6. The average Bonchev–Trinajstić information content (AvgIpc) is 2.38. The number of benzene rings is 1. The molecule has 0 spiro atoms. The van der Waals surface area contributed by atoms with Gasteiger partial charge in [-0.2, -0.15) is 0 Å². The first-order chi connectivity index (χ1) is 10.1. The largest absolute Gasteiger partial charge is 0.497 e. The van der Waals surface area contributed by atoms with E-state index in [4.69, 9.17) is 14.6 Å². The lowest BCUT2D eigenvalue weighted by atomic mass is 9.99. The number of carboxylic acid groups (broad SMARTS) is 1. The summed E-state index contributed by atoms with van der Waals surface area (Å²) in [4.78, 5) is 22.9. The van der Waals surface area contributed by atoms with Crippen LogP contribution >= 0.6 is 0 Å². The summed E-state index contributed by atoms with van der Waals surface area (Å²) < 4.78 is 10.4. The zero-order chi connectivity index (χ0) is 16.9. The van der Waals surface area contributed by atoms with Crippen molar-refractivity contribution in [1.29, 1.82) is 0 Å². The number of nitrogens with one attached hydrogen (secondary N) is 1. The molecule has 0 fully saturated rings. The maximum Gasteiger partial charge on any atom is 0.412 e. The van der Waals surface area contributed by atoms with Gasteiger partial charge in [-0.15, -0.1) is 0 Å². The van der Waals surface area contributed by atoms with Crippen LogP contribution in [0.25, 0.3) is 0 Å². The number of rotatable bonds is 5. The molecule has 1 amide bonds. The Labute approximate surface area is 130 Å². The molecule has 0 radical (unpaired) electrons. The Morgan fingerprint density at radius 1 is 1.32 bits per heavy atom. The Morgan fingerprint density at radius 3 is 2.45 bits per heavy atom. The van der Waals surface area contributed by atoms with Crippen LogP contribution in [-0.2, 0) is 16.0 Å². The summed E-state index contributed by atoms with van der Waals surface area (Å²) in [5, 5.41) is 11.7. The lowest BCUT2D eigenvalue weighted by Gasteiger charge is -2.21. The lowest BCUT2D eigenvalue weighted by Crippen LogP contribution is -2.27. The fraction of sp³-hybridized carbons (Fsp3) is 0.500. The predicted molar refractivity (Wildman–Crippen MR) is 83.4 cm³/mol. The molecular weight excluding hydrogens is 286 g/mol. The summed E-state index contributed by atoms with van der Waals surface area (Å²) >= 11 is 0. The molecule has 122 valence electrons. The van der Waals surface area contributed by atoms with Gasteiger partial charge in [-0.3, -0.25) is 10.1 Å². The Kier molecular flexibility index (Phi) is 5.79. The van der Waals surface area contributed by atoms with E-state index in [9.17, 15) is 9.59 Å². The lowest BCUT2D eigenvalue weighted by molar-refractivity contribution is -0.141. The summed E-state index contributed by atoms with van der Waals surface area (Å²) in [5.74, 6) is -0.885. The van der Waals surface area contributed by atoms with Crippen LogP contribution in [0.15, 0.2) is 18.2 Å². The van der Waals surface area contributed by atoms with Gasteiger partial charge >= 0.3 is 12.1 Å². The van der Waals surface area contributed by atoms with Crippen LogP contribution in [-0.4, -0.2) is 29.9 Å². The van der Waals surface area contributed by atoms with Gasteiger partial charge in [-0.05, 0) is 38.8 Å². The van der Waals surface area contributed by atoms with Gasteiger partial charge in [0.1, 0.15) is 11.4 Å². The maximum atomic E-state index is 11.9. The van der Waals surface area contributed by atoms with Crippen molar-refractivity contribution in [3.8, 4) is 5.75 Å². The van der Waals surface area contributed by atoms with Gasteiger partial charge in [0.15, 0.2) is 0 Å². The van der Waals surface area contributed by atoms with E-state index in [0.717, 1.165) is 0 Å². The van der Waals surface area contributed by atoms with Crippen molar-refractivity contribution in [3.05, 3.63) is 23.8 Å². The topological polar surface area (TPSA) is 84.9 Å². The van der Waals surface area contributed by atoms with E-state index in [1.54, 1.807) is 45.9 Å². The summed E-state index contributed by atoms with van der Waals surface area (Å²) in [6.45, 7) is 6.92. The van der Waals surface area contributed by atoms with Crippen molar-refractivity contribution in [2.75, 3.05) is 12.4 Å². The van der Waals surface area contributed by atoms with Gasteiger partial charge < -0.3 is 14.6 Å². The number of hydrogen-bond donors (Lipinski definition) is 2. The maximum absolute atomic E-state index is 11.9. The number of carboxylic acids is 1. The Hall–Kier alpha value is -2.24. The smallest absolute Gasteiger partial charge is 0.412 e. The number of hydrogen-bond acceptors (Lipinski definition) is 4. The first kappa shape index (κ1) is 17.8. The van der Waals surface area contributed by atoms with Gasteiger partial charge in [0, 0.05) is 6.07 Å². The average molecular weight is 309 g/mol. The van der Waals surface area contributed by atoms with Crippen LogP contribution in [0, 0.1) is 5.92 Å². The number of carbonyl (C=O) groups excluding carboxylic acids is 1. The predicted octanol–water partition coefficient (Wildman–Crippen LogP) is 3.31. The van der Waals surface area contributed by atoms with E-state index in [-0.39, 0.29) is 0 Å². The van der Waals surface area contributed by atoms with Gasteiger partial charge in [0.25, 0.3) is 0 Å². The summed E-state index contributed by atoms with van der Waals surface area (Å²) in [5.41, 5.74) is 0.584. The van der Waals surface area contributed by atoms with Crippen LogP contribution in [0.3, 0.4) is 0 Å². The first-order valence-electron chi connectivity index (χ1n) is 7.02. The van der Waals surface area contributed by atoms with E-state index < -0.39 is 23.6 Å². The number of aliphatic carboxylic acids is 1. The third-order valence-corrected chi connectivity index (χ3v) is 2.90. The third kappa shape index (κ3) is 5.63. The molecule has 0 aromatic heterocycles. The number of ether oxygens (including phenoxy) is 2. The monoisotopic (exact) mass is 309 g/mol. The molecule has 2 N–H and O–H groups in total. The molecule has 22 heavy (non-hydrogen) atoms. The molecule has 0 saturated heterocycles.